The Labute approximate surface area is 141 Å². The molecule has 0 heterocycles. The van der Waals surface area contributed by atoms with Gasteiger partial charge in [0.1, 0.15) is 0 Å². The first kappa shape index (κ1) is 17.3. The molecule has 0 aromatic heterocycles. The Morgan fingerprint density at radius 1 is 0.864 bits per heavy atom. The minimum absolute atomic E-state index is 0. The summed E-state index contributed by atoms with van der Waals surface area (Å²) in [5.41, 5.74) is 2.96. The van der Waals surface area contributed by atoms with Crippen molar-refractivity contribution in [2.24, 2.45) is 17.8 Å². The molecule has 0 saturated heterocycles. The largest absolute Gasteiger partial charge is 0.103 e. The lowest BCUT2D eigenvalue weighted by Crippen LogP contribution is -2.25. The Hall–Kier alpha value is -1.04. The summed E-state index contributed by atoms with van der Waals surface area (Å²) >= 11 is 0. The zero-order valence-corrected chi connectivity index (χ0v) is 13.6. The third kappa shape index (κ3) is 4.03. The minimum Gasteiger partial charge on any atom is -0.103 e. The normalized spacial score (nSPS) is 32.0. The molecular formula is C22H38. The summed E-state index contributed by atoms with van der Waals surface area (Å²) in [4.78, 5) is 0. The molecule has 0 aliphatic heterocycles. The Morgan fingerprint density at radius 2 is 1.36 bits per heavy atom. The van der Waals surface area contributed by atoms with Gasteiger partial charge in [0.2, 0.25) is 0 Å². The van der Waals surface area contributed by atoms with Crippen LogP contribution < -0.4 is 0 Å². The number of allylic oxidation sites excluding steroid dienone is 1. The Balaban J connectivity index is 0.00000176. The van der Waals surface area contributed by atoms with Crippen molar-refractivity contribution in [1.29, 1.82) is 0 Å². The summed E-state index contributed by atoms with van der Waals surface area (Å²) in [6.07, 6.45) is 13.6. The van der Waals surface area contributed by atoms with Crippen molar-refractivity contribution in [1.82, 2.24) is 0 Å². The van der Waals surface area contributed by atoms with Gasteiger partial charge in [0.15, 0.2) is 0 Å². The number of rotatable bonds is 3. The zero-order chi connectivity index (χ0) is 14.7. The van der Waals surface area contributed by atoms with Crippen molar-refractivity contribution in [3.8, 4) is 0 Å². The fourth-order valence-corrected chi connectivity index (χ4v) is 4.61. The van der Waals surface area contributed by atoms with E-state index in [0.717, 1.165) is 23.7 Å². The molecule has 0 heteroatoms. The molecule has 2 aliphatic rings. The third-order valence-electron chi connectivity index (χ3n) is 6.14. The van der Waals surface area contributed by atoms with Crippen LogP contribution in [0.3, 0.4) is 0 Å². The number of hydrogen-bond acceptors (Lipinski definition) is 0. The molecule has 0 amide bonds. The Morgan fingerprint density at radius 3 is 1.86 bits per heavy atom. The van der Waals surface area contributed by atoms with Crippen molar-refractivity contribution in [2.45, 2.75) is 71.6 Å². The smallest absolute Gasteiger partial charge is 0 e. The summed E-state index contributed by atoms with van der Waals surface area (Å²) in [5.74, 6) is 3.66. The first-order valence-corrected chi connectivity index (χ1v) is 8.95. The molecule has 2 aliphatic carbocycles. The lowest BCUT2D eigenvalue weighted by molar-refractivity contribution is 0.171. The fraction of sp³-hybridized carbons (Fsp3) is 0.636. The van der Waals surface area contributed by atoms with Crippen LogP contribution in [-0.2, 0) is 0 Å². The molecule has 1 aromatic carbocycles. The van der Waals surface area contributed by atoms with Crippen LogP contribution in [0.4, 0.5) is 0 Å². The average Bonchev–Trinajstić information content (AvgIpc) is 2.56. The van der Waals surface area contributed by atoms with Crippen molar-refractivity contribution in [2.75, 3.05) is 0 Å². The van der Waals surface area contributed by atoms with E-state index in [1.165, 1.54) is 56.9 Å². The van der Waals surface area contributed by atoms with E-state index in [2.05, 4.69) is 43.8 Å². The van der Waals surface area contributed by atoms with Crippen molar-refractivity contribution in [3.05, 3.63) is 48.0 Å². The van der Waals surface area contributed by atoms with Crippen LogP contribution in [0.1, 0.15) is 78.7 Å². The number of benzene rings is 1. The van der Waals surface area contributed by atoms with Gasteiger partial charge in [-0.15, -0.1) is 6.58 Å². The Kier molecular flexibility index (Phi) is 6.29. The molecular weight excluding hydrogens is 264 g/mol. The molecule has 2 saturated carbocycles. The van der Waals surface area contributed by atoms with Gasteiger partial charge in [0.25, 0.3) is 0 Å². The maximum atomic E-state index is 3.97. The van der Waals surface area contributed by atoms with Crippen molar-refractivity contribution >= 4 is 0 Å². The number of hydrogen-bond donors (Lipinski definition) is 0. The highest BCUT2D eigenvalue weighted by molar-refractivity contribution is 5.24. The predicted octanol–water partition coefficient (Wildman–Crippen LogP) is 7.39. The lowest BCUT2D eigenvalue weighted by atomic mass is 9.68. The molecule has 0 nitrogen and oxygen atoms in total. The first-order valence-electron chi connectivity index (χ1n) is 8.95. The highest BCUT2D eigenvalue weighted by Crippen LogP contribution is 2.43. The van der Waals surface area contributed by atoms with Gasteiger partial charge in [-0.2, -0.15) is 0 Å². The van der Waals surface area contributed by atoms with Gasteiger partial charge in [-0.05, 0) is 87.5 Å². The summed E-state index contributed by atoms with van der Waals surface area (Å²) in [5, 5.41) is 0. The molecule has 0 unspecified atom stereocenters. The maximum Gasteiger partial charge on any atom is 0 e. The van der Waals surface area contributed by atoms with E-state index in [9.17, 15) is 0 Å². The third-order valence-corrected chi connectivity index (χ3v) is 6.14. The van der Waals surface area contributed by atoms with Crippen LogP contribution in [0, 0.1) is 24.7 Å². The highest BCUT2D eigenvalue weighted by atomic mass is 14.4. The van der Waals surface area contributed by atoms with E-state index in [1.54, 1.807) is 5.56 Å². The van der Waals surface area contributed by atoms with Gasteiger partial charge in [-0.25, -0.2) is 0 Å². The molecule has 126 valence electrons. The van der Waals surface area contributed by atoms with Gasteiger partial charge in [-0.3, -0.25) is 0 Å². The van der Waals surface area contributed by atoms with E-state index in [0.29, 0.717) is 0 Å². The fourth-order valence-electron chi connectivity index (χ4n) is 4.61. The molecule has 2 fully saturated rings. The van der Waals surface area contributed by atoms with E-state index in [-0.39, 0.29) is 10.3 Å². The molecule has 22 heavy (non-hydrogen) atoms. The van der Waals surface area contributed by atoms with Crippen LogP contribution in [0.2, 0.25) is 0 Å². The molecule has 3 rings (SSSR count). The molecule has 0 atom stereocenters. The zero-order valence-electron chi connectivity index (χ0n) is 13.6. The van der Waals surface area contributed by atoms with Gasteiger partial charge >= 0.3 is 0 Å². The van der Waals surface area contributed by atoms with E-state index in [1.807, 2.05) is 0 Å². The topological polar surface area (TPSA) is 0 Å². The Bertz CT molecular complexity index is 449. The van der Waals surface area contributed by atoms with E-state index in [4.69, 9.17) is 0 Å². The second-order valence-electron chi connectivity index (χ2n) is 7.43. The molecule has 0 spiro atoms. The van der Waals surface area contributed by atoms with Crippen LogP contribution in [0.25, 0.3) is 0 Å². The van der Waals surface area contributed by atoms with Gasteiger partial charge in [-0.1, -0.05) is 43.3 Å². The maximum absolute atomic E-state index is 3.97. The van der Waals surface area contributed by atoms with Gasteiger partial charge < -0.3 is 0 Å². The predicted molar refractivity (Wildman–Crippen MR) is 102 cm³/mol. The SMILES string of the molecule is C.C=CC1CCC(C2CCC(c3ccc(C)cc3)CC2)CC1.[HH].[HH]. The summed E-state index contributed by atoms with van der Waals surface area (Å²) < 4.78 is 0. The molecule has 0 bridgehead atoms. The van der Waals surface area contributed by atoms with E-state index >= 15 is 0 Å². The molecule has 1 aromatic rings. The quantitative estimate of drug-likeness (QED) is 0.510. The monoisotopic (exact) mass is 302 g/mol. The van der Waals surface area contributed by atoms with Crippen LogP contribution in [0.5, 0.6) is 0 Å². The first-order chi connectivity index (χ1) is 10.3. The molecule has 0 radical (unpaired) electrons. The summed E-state index contributed by atoms with van der Waals surface area (Å²) in [7, 11) is 0. The van der Waals surface area contributed by atoms with Gasteiger partial charge in [0, 0.05) is 2.85 Å². The second-order valence-corrected chi connectivity index (χ2v) is 7.43. The average molecular weight is 303 g/mol. The van der Waals surface area contributed by atoms with Crippen LogP contribution >= 0.6 is 0 Å². The lowest BCUT2D eigenvalue weighted by Gasteiger charge is -2.37. The van der Waals surface area contributed by atoms with Gasteiger partial charge in [0.05, 0.1) is 0 Å². The summed E-state index contributed by atoms with van der Waals surface area (Å²) in [6.45, 7) is 6.15. The van der Waals surface area contributed by atoms with Crippen molar-refractivity contribution < 1.29 is 2.85 Å². The van der Waals surface area contributed by atoms with Crippen LogP contribution in [-0.4, -0.2) is 0 Å². The second kappa shape index (κ2) is 7.99. The summed E-state index contributed by atoms with van der Waals surface area (Å²) in [6, 6.07) is 9.27. The van der Waals surface area contributed by atoms with Crippen molar-refractivity contribution in [3.63, 3.8) is 0 Å². The standard InChI is InChI=1S/C21H30.CH4.2H2/c1-3-17-6-10-19(11-7-17)21-14-12-20(13-15-21)18-8-4-16(2)5-9-18;;;/h3-5,8-9,17,19-21H,1,6-7,10-15H2,2H3;1H4;2*1H. The molecule has 0 N–H and O–H groups in total. The number of aryl methyl sites for hydroxylation is 1. The van der Waals surface area contributed by atoms with E-state index < -0.39 is 0 Å². The highest BCUT2D eigenvalue weighted by Gasteiger charge is 2.30. The van der Waals surface area contributed by atoms with Crippen LogP contribution in [0.15, 0.2) is 36.9 Å². The minimum atomic E-state index is 0.